The second-order valence-corrected chi connectivity index (χ2v) is 6.70. The van der Waals surface area contributed by atoms with Gasteiger partial charge in [-0.15, -0.1) is 0 Å². The Morgan fingerprint density at radius 2 is 2.00 bits per heavy atom. The normalized spacial score (nSPS) is 27.0. The van der Waals surface area contributed by atoms with Crippen LogP contribution in [0.5, 0.6) is 0 Å². The third kappa shape index (κ3) is 3.10. The van der Waals surface area contributed by atoms with Gasteiger partial charge < -0.3 is 29.8 Å². The van der Waals surface area contributed by atoms with Crippen molar-refractivity contribution in [3.63, 3.8) is 0 Å². The van der Waals surface area contributed by atoms with Gasteiger partial charge >= 0.3 is 7.12 Å². The average molecular weight is 372 g/mol. The molecule has 0 spiro atoms. The van der Waals surface area contributed by atoms with E-state index in [0.29, 0.717) is 11.4 Å². The van der Waals surface area contributed by atoms with Gasteiger partial charge in [-0.3, -0.25) is 9.78 Å². The molecule has 1 aromatic heterocycles. The molecule has 4 N–H and O–H groups in total. The van der Waals surface area contributed by atoms with Gasteiger partial charge in [-0.05, 0) is 12.4 Å². The minimum Gasteiger partial charge on any atom is -0.399 e. The molecule has 0 radical (unpaired) electrons. The molecule has 2 fully saturated rings. The van der Waals surface area contributed by atoms with Crippen LogP contribution in [0.15, 0.2) is 35.1 Å². The van der Waals surface area contributed by atoms with Crippen molar-refractivity contribution in [2.75, 3.05) is 24.3 Å². The minimum atomic E-state index is -0.590. The summed E-state index contributed by atoms with van der Waals surface area (Å²) in [5.41, 5.74) is 6.68. The van der Waals surface area contributed by atoms with Crippen LogP contribution in [0.25, 0.3) is 0 Å². The van der Waals surface area contributed by atoms with Crippen LogP contribution in [-0.2, 0) is 14.0 Å². The first-order chi connectivity index (χ1) is 13.0. The zero-order chi connectivity index (χ0) is 19.1. The molecular formula is C17H21BN4O5. The van der Waals surface area contributed by atoms with Crippen molar-refractivity contribution < 1.29 is 19.2 Å². The Bertz CT molecular complexity index is 879. The Morgan fingerprint density at radius 3 is 2.70 bits per heavy atom. The van der Waals surface area contributed by atoms with Crippen molar-refractivity contribution in [1.82, 2.24) is 9.97 Å². The summed E-state index contributed by atoms with van der Waals surface area (Å²) in [6.07, 6.45) is -2.03. The Hall–Kier alpha value is -2.40. The number of nitrogen functional groups attached to an aromatic ring is 1. The molecule has 3 heterocycles. The quantitative estimate of drug-likeness (QED) is 0.584. The summed E-state index contributed by atoms with van der Waals surface area (Å²) in [6.45, 7) is 1.45. The molecular weight excluding hydrogens is 351 g/mol. The van der Waals surface area contributed by atoms with Crippen molar-refractivity contribution in [2.45, 2.75) is 31.5 Å². The van der Waals surface area contributed by atoms with E-state index in [1.165, 1.54) is 0 Å². The fourth-order valence-electron chi connectivity index (χ4n) is 3.56. The molecule has 4 rings (SSSR count). The number of fused-ring (bicyclic) bond motifs is 1. The lowest BCUT2D eigenvalue weighted by molar-refractivity contribution is -0.0259. The standard InChI is InChI=1S/C17H21BN4O5/c1-9-14(20-17(19)21-15(9)24)22(2)16-13-12(11(8-23)25-16)26-18(27-13)10-6-4-3-5-7-10/h3-7,11-13,16,23H,8H2,1-2H3,(H3,19,20,21,24)/t11-,12-,13-,16-/m1/s1. The Balaban J connectivity index is 1.63. The number of ether oxygens (including phenoxy) is 1. The van der Waals surface area contributed by atoms with Crippen LogP contribution in [0, 0.1) is 6.92 Å². The second kappa shape index (κ2) is 6.97. The van der Waals surface area contributed by atoms with Gasteiger partial charge in [0.15, 0.2) is 6.23 Å². The maximum Gasteiger partial charge on any atom is 0.494 e. The number of aromatic amines is 1. The molecule has 2 aromatic rings. The van der Waals surface area contributed by atoms with E-state index >= 15 is 0 Å². The molecule has 2 aliphatic rings. The van der Waals surface area contributed by atoms with E-state index < -0.39 is 31.7 Å². The zero-order valence-corrected chi connectivity index (χ0v) is 15.0. The van der Waals surface area contributed by atoms with Crippen LogP contribution < -0.4 is 21.7 Å². The Morgan fingerprint density at radius 1 is 1.30 bits per heavy atom. The van der Waals surface area contributed by atoms with E-state index in [0.717, 1.165) is 5.46 Å². The van der Waals surface area contributed by atoms with Crippen LogP contribution in [0.1, 0.15) is 5.56 Å². The third-order valence-electron chi connectivity index (χ3n) is 4.96. The highest BCUT2D eigenvalue weighted by Gasteiger charge is 2.55. The number of nitrogens with two attached hydrogens (primary N) is 1. The maximum atomic E-state index is 12.0. The van der Waals surface area contributed by atoms with Gasteiger partial charge in [0, 0.05) is 7.05 Å². The summed E-state index contributed by atoms with van der Waals surface area (Å²) in [4.78, 5) is 20.4. The number of nitrogens with one attached hydrogen (secondary N) is 1. The molecule has 27 heavy (non-hydrogen) atoms. The molecule has 2 aliphatic heterocycles. The predicted octanol–water partition coefficient (Wildman–Crippen LogP) is -1.01. The molecule has 9 nitrogen and oxygen atoms in total. The van der Waals surface area contributed by atoms with Gasteiger partial charge in [-0.25, -0.2) is 0 Å². The smallest absolute Gasteiger partial charge is 0.399 e. The number of aliphatic hydroxyl groups excluding tert-OH is 1. The van der Waals surface area contributed by atoms with E-state index in [9.17, 15) is 9.90 Å². The summed E-state index contributed by atoms with van der Waals surface area (Å²) in [7, 11) is 1.20. The van der Waals surface area contributed by atoms with Crippen LogP contribution in [0.2, 0.25) is 0 Å². The molecule has 2 saturated heterocycles. The number of aliphatic hydroxyl groups is 1. The van der Waals surface area contributed by atoms with Gasteiger partial charge in [-0.2, -0.15) is 4.98 Å². The highest BCUT2D eigenvalue weighted by molar-refractivity contribution is 6.61. The van der Waals surface area contributed by atoms with Gasteiger partial charge in [0.05, 0.1) is 12.2 Å². The van der Waals surface area contributed by atoms with Gasteiger partial charge in [-0.1, -0.05) is 30.3 Å². The van der Waals surface area contributed by atoms with E-state index in [4.69, 9.17) is 19.8 Å². The third-order valence-corrected chi connectivity index (χ3v) is 4.96. The first-order valence-electron chi connectivity index (χ1n) is 8.71. The van der Waals surface area contributed by atoms with Crippen LogP contribution in [0.4, 0.5) is 11.8 Å². The lowest BCUT2D eigenvalue weighted by Gasteiger charge is -2.29. The fraction of sp³-hybridized carbons (Fsp3) is 0.412. The number of H-pyrrole nitrogens is 1. The number of benzene rings is 1. The molecule has 4 atom stereocenters. The molecule has 0 aliphatic carbocycles. The highest BCUT2D eigenvalue weighted by Crippen LogP contribution is 2.35. The molecule has 0 saturated carbocycles. The molecule has 10 heteroatoms. The first kappa shape index (κ1) is 18.0. The Kier molecular flexibility index (Phi) is 4.64. The van der Waals surface area contributed by atoms with Gasteiger partial charge in [0.25, 0.3) is 5.56 Å². The van der Waals surface area contributed by atoms with Crippen molar-refractivity contribution in [3.8, 4) is 0 Å². The van der Waals surface area contributed by atoms with Crippen LogP contribution >= 0.6 is 0 Å². The van der Waals surface area contributed by atoms with Crippen LogP contribution in [0.3, 0.4) is 0 Å². The summed E-state index contributed by atoms with van der Waals surface area (Å²) in [6, 6.07) is 9.57. The summed E-state index contributed by atoms with van der Waals surface area (Å²) < 4.78 is 18.1. The fourth-order valence-corrected chi connectivity index (χ4v) is 3.56. The number of rotatable bonds is 4. The van der Waals surface area contributed by atoms with Crippen molar-refractivity contribution in [2.24, 2.45) is 0 Å². The number of aromatic nitrogens is 2. The SMILES string of the molecule is Cc1c(N(C)[C@@H]2O[C@H](CO)[C@H]3OB(c4ccccc4)O[C@H]32)nc(N)[nH]c1=O. The second-order valence-electron chi connectivity index (χ2n) is 6.70. The first-order valence-corrected chi connectivity index (χ1v) is 8.71. The Labute approximate surface area is 156 Å². The van der Waals surface area contributed by atoms with Crippen molar-refractivity contribution in [3.05, 3.63) is 46.2 Å². The minimum absolute atomic E-state index is 0.0199. The molecule has 0 unspecified atom stereocenters. The van der Waals surface area contributed by atoms with E-state index in [1.54, 1.807) is 18.9 Å². The van der Waals surface area contributed by atoms with Gasteiger partial charge in [0.2, 0.25) is 5.95 Å². The predicted molar refractivity (Wildman–Crippen MR) is 99.7 cm³/mol. The van der Waals surface area contributed by atoms with Crippen LogP contribution in [-0.4, -0.2) is 60.4 Å². The number of likely N-dealkylation sites (N-methyl/N-ethyl adjacent to an activating group) is 1. The van der Waals surface area contributed by atoms with Gasteiger partial charge in [0.1, 0.15) is 24.1 Å². The topological polar surface area (TPSA) is 123 Å². The van der Waals surface area contributed by atoms with E-state index in [2.05, 4.69) is 9.97 Å². The lowest BCUT2D eigenvalue weighted by Crippen LogP contribution is -2.44. The van der Waals surface area contributed by atoms with E-state index in [1.807, 2.05) is 30.3 Å². The largest absolute Gasteiger partial charge is 0.494 e. The van der Waals surface area contributed by atoms with Crippen molar-refractivity contribution >= 4 is 24.3 Å². The number of hydrogen-bond donors (Lipinski definition) is 3. The molecule has 0 amide bonds. The number of hydrogen-bond acceptors (Lipinski definition) is 8. The molecule has 142 valence electrons. The van der Waals surface area contributed by atoms with E-state index in [-0.39, 0.29) is 18.1 Å². The number of nitrogens with zero attached hydrogens (tertiary/aromatic N) is 2. The molecule has 0 bridgehead atoms. The summed E-state index contributed by atoms with van der Waals surface area (Å²) in [5.74, 6) is 0.414. The summed E-state index contributed by atoms with van der Waals surface area (Å²) in [5, 5.41) is 9.71. The zero-order valence-electron chi connectivity index (χ0n) is 15.0. The van der Waals surface area contributed by atoms with Crippen molar-refractivity contribution in [1.29, 1.82) is 0 Å². The monoisotopic (exact) mass is 372 g/mol. The maximum absolute atomic E-state index is 12.0. The highest BCUT2D eigenvalue weighted by atomic mass is 16.7. The summed E-state index contributed by atoms with van der Waals surface area (Å²) >= 11 is 0. The number of anilines is 2. The lowest BCUT2D eigenvalue weighted by atomic mass is 9.79. The molecule has 1 aromatic carbocycles. The average Bonchev–Trinajstić information content (AvgIpc) is 3.24.